The molecule has 7 nitrogen and oxygen atoms in total. The second-order valence-corrected chi connectivity index (χ2v) is 3.60. The Bertz CT molecular complexity index is 397. The van der Waals surface area contributed by atoms with E-state index >= 15 is 0 Å². The molecule has 18 heavy (non-hydrogen) atoms. The molecular formula is C11H16N4O3. The highest BCUT2D eigenvalue weighted by Gasteiger charge is 2.14. The van der Waals surface area contributed by atoms with E-state index in [-0.39, 0.29) is 5.91 Å². The summed E-state index contributed by atoms with van der Waals surface area (Å²) in [6.45, 7) is 2.01. The summed E-state index contributed by atoms with van der Waals surface area (Å²) in [5.74, 6) is -0.274. The van der Waals surface area contributed by atoms with Crippen molar-refractivity contribution in [2.45, 2.75) is 19.4 Å². The lowest BCUT2D eigenvalue weighted by molar-refractivity contribution is -0.122. The number of hydrogen-bond donors (Lipinski definition) is 2. The Hall–Kier alpha value is -2.18. The second-order valence-electron chi connectivity index (χ2n) is 3.60. The molecule has 98 valence electrons. The van der Waals surface area contributed by atoms with Crippen LogP contribution in [0.3, 0.4) is 0 Å². The number of amides is 2. The molecular weight excluding hydrogens is 236 g/mol. The van der Waals surface area contributed by atoms with E-state index in [1.165, 1.54) is 7.11 Å². The van der Waals surface area contributed by atoms with Gasteiger partial charge in [0.1, 0.15) is 6.04 Å². The first kappa shape index (κ1) is 13.9. The number of aromatic nitrogens is 2. The largest absolute Gasteiger partial charge is 0.453 e. The van der Waals surface area contributed by atoms with Crippen LogP contribution < -0.4 is 10.6 Å². The highest BCUT2D eigenvalue weighted by molar-refractivity contribution is 5.85. The van der Waals surface area contributed by atoms with Gasteiger partial charge in [-0.15, -0.1) is 0 Å². The molecule has 0 radical (unpaired) electrons. The van der Waals surface area contributed by atoms with Crippen LogP contribution in [0.5, 0.6) is 0 Å². The van der Waals surface area contributed by atoms with Crippen molar-refractivity contribution in [3.8, 4) is 0 Å². The number of rotatable bonds is 5. The van der Waals surface area contributed by atoms with Crippen LogP contribution in [0, 0.1) is 0 Å². The van der Waals surface area contributed by atoms with Crippen LogP contribution in [0.1, 0.15) is 12.6 Å². The Balaban J connectivity index is 2.26. The number of alkyl carbamates (subject to hydrolysis) is 1. The van der Waals surface area contributed by atoms with Crippen LogP contribution in [-0.4, -0.2) is 41.7 Å². The van der Waals surface area contributed by atoms with E-state index in [2.05, 4.69) is 25.3 Å². The smallest absolute Gasteiger partial charge is 0.407 e. The summed E-state index contributed by atoms with van der Waals surface area (Å²) in [6, 6.07) is -0.640. The predicted octanol–water partition coefficient (Wildman–Crippen LogP) is -0.120. The van der Waals surface area contributed by atoms with Crippen LogP contribution in [0.15, 0.2) is 18.6 Å². The van der Waals surface area contributed by atoms with E-state index < -0.39 is 12.1 Å². The molecule has 2 amide bonds. The highest BCUT2D eigenvalue weighted by Crippen LogP contribution is 1.91. The molecule has 0 saturated carbocycles. The lowest BCUT2D eigenvalue weighted by Crippen LogP contribution is -2.45. The van der Waals surface area contributed by atoms with E-state index in [9.17, 15) is 9.59 Å². The van der Waals surface area contributed by atoms with Crippen molar-refractivity contribution in [2.75, 3.05) is 13.7 Å². The van der Waals surface area contributed by atoms with Crippen molar-refractivity contribution >= 4 is 12.0 Å². The van der Waals surface area contributed by atoms with Crippen LogP contribution >= 0.6 is 0 Å². The molecule has 1 heterocycles. The molecule has 0 unspecified atom stereocenters. The molecule has 0 aromatic carbocycles. The topological polar surface area (TPSA) is 93.2 Å². The van der Waals surface area contributed by atoms with Gasteiger partial charge in [0.15, 0.2) is 0 Å². The maximum absolute atomic E-state index is 11.6. The van der Waals surface area contributed by atoms with Crippen molar-refractivity contribution in [1.82, 2.24) is 20.6 Å². The predicted molar refractivity (Wildman–Crippen MR) is 63.7 cm³/mol. The molecule has 2 N–H and O–H groups in total. The van der Waals surface area contributed by atoms with Gasteiger partial charge in [-0.05, 0) is 6.92 Å². The number of carbonyl (C=O) groups is 2. The fraction of sp³-hybridized carbons (Fsp3) is 0.455. The number of methoxy groups -OCH3 is 1. The average molecular weight is 252 g/mol. The summed E-state index contributed by atoms with van der Waals surface area (Å²) in [6.07, 6.45) is 4.78. The molecule has 1 aromatic rings. The van der Waals surface area contributed by atoms with Gasteiger partial charge in [-0.1, -0.05) is 0 Å². The fourth-order valence-corrected chi connectivity index (χ4v) is 1.23. The summed E-state index contributed by atoms with van der Waals surface area (Å²) in [5.41, 5.74) is 0.798. The van der Waals surface area contributed by atoms with Gasteiger partial charge in [0, 0.05) is 31.6 Å². The Labute approximate surface area is 105 Å². The van der Waals surface area contributed by atoms with Crippen molar-refractivity contribution in [3.63, 3.8) is 0 Å². The van der Waals surface area contributed by atoms with Crippen LogP contribution in [0.4, 0.5) is 4.79 Å². The van der Waals surface area contributed by atoms with Crippen LogP contribution in [0.25, 0.3) is 0 Å². The van der Waals surface area contributed by atoms with Gasteiger partial charge in [-0.2, -0.15) is 0 Å². The Morgan fingerprint density at radius 1 is 1.44 bits per heavy atom. The van der Waals surface area contributed by atoms with Gasteiger partial charge in [0.2, 0.25) is 5.91 Å². The van der Waals surface area contributed by atoms with E-state index in [1.54, 1.807) is 25.5 Å². The quantitative estimate of drug-likeness (QED) is 0.762. The van der Waals surface area contributed by atoms with E-state index in [0.717, 1.165) is 5.69 Å². The molecule has 0 aliphatic heterocycles. The third-order valence-corrected chi connectivity index (χ3v) is 2.21. The summed E-state index contributed by atoms with van der Waals surface area (Å²) in [5, 5.41) is 5.06. The molecule has 0 aliphatic carbocycles. The maximum atomic E-state index is 11.6. The third kappa shape index (κ3) is 4.77. The first-order valence-corrected chi connectivity index (χ1v) is 5.50. The van der Waals surface area contributed by atoms with Crippen molar-refractivity contribution in [1.29, 1.82) is 0 Å². The number of nitrogens with one attached hydrogen (secondary N) is 2. The second kappa shape index (κ2) is 7.21. The minimum Gasteiger partial charge on any atom is -0.453 e. The molecule has 1 rings (SSSR count). The summed E-state index contributed by atoms with van der Waals surface area (Å²) in [4.78, 5) is 30.5. The van der Waals surface area contributed by atoms with Gasteiger partial charge in [-0.25, -0.2) is 4.79 Å². The van der Waals surface area contributed by atoms with E-state index in [4.69, 9.17) is 0 Å². The van der Waals surface area contributed by atoms with Gasteiger partial charge in [0.05, 0.1) is 12.8 Å². The Morgan fingerprint density at radius 3 is 2.83 bits per heavy atom. The maximum Gasteiger partial charge on any atom is 0.407 e. The van der Waals surface area contributed by atoms with Gasteiger partial charge < -0.3 is 15.4 Å². The van der Waals surface area contributed by atoms with Crippen LogP contribution in [0.2, 0.25) is 0 Å². The molecule has 1 aromatic heterocycles. The third-order valence-electron chi connectivity index (χ3n) is 2.21. The fourth-order valence-electron chi connectivity index (χ4n) is 1.23. The molecule has 0 bridgehead atoms. The summed E-state index contributed by atoms with van der Waals surface area (Å²) >= 11 is 0. The van der Waals surface area contributed by atoms with Crippen molar-refractivity contribution in [3.05, 3.63) is 24.3 Å². The van der Waals surface area contributed by atoms with Crippen LogP contribution in [-0.2, 0) is 16.0 Å². The SMILES string of the molecule is COC(=O)N[C@H](C)C(=O)NCCc1cnccn1. The van der Waals surface area contributed by atoms with Gasteiger partial charge in [0.25, 0.3) is 0 Å². The summed E-state index contributed by atoms with van der Waals surface area (Å²) in [7, 11) is 1.24. The first-order valence-electron chi connectivity index (χ1n) is 5.50. The van der Waals surface area contributed by atoms with E-state index in [0.29, 0.717) is 13.0 Å². The number of nitrogens with zero attached hydrogens (tertiary/aromatic N) is 2. The number of hydrogen-bond acceptors (Lipinski definition) is 5. The minimum absolute atomic E-state index is 0.274. The lowest BCUT2D eigenvalue weighted by Gasteiger charge is -2.12. The zero-order chi connectivity index (χ0) is 13.4. The standard InChI is InChI=1S/C11H16N4O3/c1-8(15-11(17)18-2)10(16)14-4-3-9-7-12-5-6-13-9/h5-8H,3-4H2,1-2H3,(H,14,16)(H,15,17)/t8-/m1/s1. The van der Waals surface area contributed by atoms with E-state index in [1.807, 2.05) is 0 Å². The normalized spacial score (nSPS) is 11.4. The zero-order valence-electron chi connectivity index (χ0n) is 10.3. The molecule has 0 saturated heterocycles. The highest BCUT2D eigenvalue weighted by atomic mass is 16.5. The van der Waals surface area contributed by atoms with Crippen molar-refractivity contribution < 1.29 is 14.3 Å². The molecule has 0 spiro atoms. The Morgan fingerprint density at radius 2 is 2.22 bits per heavy atom. The monoisotopic (exact) mass is 252 g/mol. The number of ether oxygens (including phenoxy) is 1. The van der Waals surface area contributed by atoms with Gasteiger partial charge in [-0.3, -0.25) is 14.8 Å². The zero-order valence-corrected chi connectivity index (χ0v) is 10.3. The number of carbonyl (C=O) groups excluding carboxylic acids is 2. The lowest BCUT2D eigenvalue weighted by atomic mass is 10.3. The molecule has 0 aliphatic rings. The molecule has 0 fully saturated rings. The van der Waals surface area contributed by atoms with Gasteiger partial charge >= 0.3 is 6.09 Å². The first-order chi connectivity index (χ1) is 8.63. The summed E-state index contributed by atoms with van der Waals surface area (Å²) < 4.78 is 4.40. The molecule has 1 atom stereocenters. The van der Waals surface area contributed by atoms with Crippen molar-refractivity contribution in [2.24, 2.45) is 0 Å². The molecule has 7 heteroatoms. The average Bonchev–Trinajstić information content (AvgIpc) is 2.39. The minimum atomic E-state index is -0.640. The Kier molecular flexibility index (Phi) is 5.56.